The predicted molar refractivity (Wildman–Crippen MR) is 97.4 cm³/mol. The SMILES string of the molecule is COC(=O)c1cnn2c1ncc1c(=O)n(-c3ccc(C(F)(F)F)c(Cl)c3)ccc12. The van der Waals surface area contributed by atoms with Gasteiger partial charge in [0, 0.05) is 12.4 Å². The summed E-state index contributed by atoms with van der Waals surface area (Å²) in [7, 11) is 1.22. The number of pyridine rings is 1. The third-order valence-electron chi connectivity index (χ3n) is 4.34. The van der Waals surface area contributed by atoms with Crippen LogP contribution in [-0.2, 0) is 10.9 Å². The molecule has 4 aromatic rings. The van der Waals surface area contributed by atoms with Crippen molar-refractivity contribution in [3.05, 3.63) is 69.4 Å². The highest BCUT2D eigenvalue weighted by Crippen LogP contribution is 2.35. The van der Waals surface area contributed by atoms with Gasteiger partial charge in [0.25, 0.3) is 5.56 Å². The van der Waals surface area contributed by atoms with E-state index in [1.54, 1.807) is 0 Å². The number of rotatable bonds is 2. The Labute approximate surface area is 164 Å². The maximum Gasteiger partial charge on any atom is 0.417 e. The van der Waals surface area contributed by atoms with Gasteiger partial charge in [-0.25, -0.2) is 14.3 Å². The molecule has 0 aliphatic rings. The number of carbonyl (C=O) groups is 1. The molecule has 0 fully saturated rings. The first-order valence-corrected chi connectivity index (χ1v) is 8.43. The Bertz CT molecular complexity index is 1340. The number of methoxy groups -OCH3 is 1. The zero-order valence-corrected chi connectivity index (χ0v) is 15.3. The smallest absolute Gasteiger partial charge is 0.417 e. The first kappa shape index (κ1) is 18.9. The average molecular weight is 423 g/mol. The Morgan fingerprint density at radius 3 is 2.62 bits per heavy atom. The number of fused-ring (bicyclic) bond motifs is 3. The van der Waals surface area contributed by atoms with Crippen LogP contribution in [0.1, 0.15) is 15.9 Å². The highest BCUT2D eigenvalue weighted by atomic mass is 35.5. The number of aromatic nitrogens is 4. The van der Waals surface area contributed by atoms with E-state index in [2.05, 4.69) is 14.8 Å². The molecule has 0 amide bonds. The number of nitrogens with zero attached hydrogens (tertiary/aromatic N) is 4. The number of ether oxygens (including phenoxy) is 1. The van der Waals surface area contributed by atoms with Crippen molar-refractivity contribution in [3.8, 4) is 5.69 Å². The van der Waals surface area contributed by atoms with Crippen LogP contribution < -0.4 is 5.56 Å². The topological polar surface area (TPSA) is 78.5 Å². The van der Waals surface area contributed by atoms with Gasteiger partial charge in [-0.2, -0.15) is 18.3 Å². The maximum atomic E-state index is 12.9. The minimum absolute atomic E-state index is 0.132. The maximum absolute atomic E-state index is 12.9. The van der Waals surface area contributed by atoms with Crippen molar-refractivity contribution in [1.82, 2.24) is 19.2 Å². The zero-order valence-electron chi connectivity index (χ0n) is 14.6. The zero-order chi connectivity index (χ0) is 20.9. The van der Waals surface area contributed by atoms with E-state index < -0.39 is 28.3 Å². The summed E-state index contributed by atoms with van der Waals surface area (Å²) < 4.78 is 45.8. The van der Waals surface area contributed by atoms with Crippen molar-refractivity contribution < 1.29 is 22.7 Å². The molecule has 3 heterocycles. The molecule has 0 aliphatic heterocycles. The van der Waals surface area contributed by atoms with Crippen molar-refractivity contribution in [1.29, 1.82) is 0 Å². The lowest BCUT2D eigenvalue weighted by atomic mass is 10.2. The second-order valence-electron chi connectivity index (χ2n) is 6.00. The molecule has 0 spiro atoms. The summed E-state index contributed by atoms with van der Waals surface area (Å²) in [5.41, 5.74) is -0.669. The fraction of sp³-hybridized carbons (Fsp3) is 0.111. The third-order valence-corrected chi connectivity index (χ3v) is 4.65. The Balaban J connectivity index is 1.89. The summed E-state index contributed by atoms with van der Waals surface area (Å²) in [5, 5.41) is 3.70. The normalized spacial score (nSPS) is 11.9. The molecule has 0 N–H and O–H groups in total. The first-order chi connectivity index (χ1) is 13.7. The molecular weight excluding hydrogens is 413 g/mol. The van der Waals surface area contributed by atoms with E-state index in [-0.39, 0.29) is 22.3 Å². The molecule has 4 rings (SSSR count). The van der Waals surface area contributed by atoms with Gasteiger partial charge < -0.3 is 4.74 Å². The summed E-state index contributed by atoms with van der Waals surface area (Å²) in [6, 6.07) is 4.56. The number of esters is 1. The Hall–Kier alpha value is -3.40. The van der Waals surface area contributed by atoms with Gasteiger partial charge >= 0.3 is 12.1 Å². The molecule has 0 aliphatic carbocycles. The molecule has 3 aromatic heterocycles. The fourth-order valence-electron chi connectivity index (χ4n) is 2.96. The minimum Gasteiger partial charge on any atom is -0.465 e. The van der Waals surface area contributed by atoms with Gasteiger partial charge in [0.05, 0.1) is 40.5 Å². The second-order valence-corrected chi connectivity index (χ2v) is 6.40. The van der Waals surface area contributed by atoms with Crippen LogP contribution in [0.15, 0.2) is 47.7 Å². The van der Waals surface area contributed by atoms with Crippen LogP contribution in [0, 0.1) is 0 Å². The highest BCUT2D eigenvalue weighted by molar-refractivity contribution is 6.31. The van der Waals surface area contributed by atoms with Gasteiger partial charge in [-0.1, -0.05) is 11.6 Å². The fourth-order valence-corrected chi connectivity index (χ4v) is 3.24. The van der Waals surface area contributed by atoms with E-state index in [4.69, 9.17) is 11.6 Å². The van der Waals surface area contributed by atoms with Crippen LogP contribution in [0.5, 0.6) is 0 Å². The molecule has 0 saturated carbocycles. The van der Waals surface area contributed by atoms with Gasteiger partial charge in [0.1, 0.15) is 5.56 Å². The molecule has 1 aromatic carbocycles. The van der Waals surface area contributed by atoms with Gasteiger partial charge in [-0.15, -0.1) is 0 Å². The third kappa shape index (κ3) is 3.01. The summed E-state index contributed by atoms with van der Waals surface area (Å²) in [6.45, 7) is 0. The van der Waals surface area contributed by atoms with Gasteiger partial charge in [-0.05, 0) is 24.3 Å². The van der Waals surface area contributed by atoms with E-state index >= 15 is 0 Å². The van der Waals surface area contributed by atoms with Crippen molar-refractivity contribution in [3.63, 3.8) is 0 Å². The number of hydrogen-bond donors (Lipinski definition) is 0. The molecule has 0 bridgehead atoms. The quantitative estimate of drug-likeness (QED) is 0.462. The lowest BCUT2D eigenvalue weighted by Gasteiger charge is -2.12. The predicted octanol–water partition coefficient (Wildman–Crippen LogP) is 3.49. The Morgan fingerprint density at radius 2 is 1.97 bits per heavy atom. The average Bonchev–Trinajstić information content (AvgIpc) is 3.11. The molecule has 7 nitrogen and oxygen atoms in total. The minimum atomic E-state index is -4.60. The standard InChI is InChI=1S/C18H10ClF3N4O3/c1-29-17(28)11-8-24-26-14-4-5-25(16(27)10(14)7-23-15(11)26)9-2-3-12(13(19)6-9)18(20,21)22/h2-8H,1H3. The van der Waals surface area contributed by atoms with E-state index in [0.29, 0.717) is 5.52 Å². The summed E-state index contributed by atoms with van der Waals surface area (Å²) in [4.78, 5) is 28.8. The summed E-state index contributed by atoms with van der Waals surface area (Å²) >= 11 is 5.75. The van der Waals surface area contributed by atoms with Crippen molar-refractivity contribution >= 4 is 34.1 Å². The van der Waals surface area contributed by atoms with Crippen molar-refractivity contribution in [2.45, 2.75) is 6.18 Å². The largest absolute Gasteiger partial charge is 0.465 e. The van der Waals surface area contributed by atoms with Crippen LogP contribution in [0.25, 0.3) is 22.2 Å². The van der Waals surface area contributed by atoms with Crippen LogP contribution in [-0.4, -0.2) is 32.2 Å². The second kappa shape index (κ2) is 6.59. The summed E-state index contributed by atoms with van der Waals surface area (Å²) in [5.74, 6) is -0.625. The number of alkyl halides is 3. The number of benzene rings is 1. The molecule has 29 heavy (non-hydrogen) atoms. The molecule has 0 saturated heterocycles. The lowest BCUT2D eigenvalue weighted by molar-refractivity contribution is -0.137. The van der Waals surface area contributed by atoms with E-state index in [1.807, 2.05) is 0 Å². The van der Waals surface area contributed by atoms with Crippen LogP contribution in [0.4, 0.5) is 13.2 Å². The monoisotopic (exact) mass is 422 g/mol. The molecule has 11 heteroatoms. The molecule has 0 unspecified atom stereocenters. The van der Waals surface area contributed by atoms with Crippen LogP contribution >= 0.6 is 11.6 Å². The molecular formula is C18H10ClF3N4O3. The molecule has 148 valence electrons. The number of carbonyl (C=O) groups excluding carboxylic acids is 1. The van der Waals surface area contributed by atoms with E-state index in [1.165, 1.54) is 36.3 Å². The van der Waals surface area contributed by atoms with Gasteiger partial charge in [0.2, 0.25) is 0 Å². The number of halogens is 4. The van der Waals surface area contributed by atoms with Crippen molar-refractivity contribution in [2.24, 2.45) is 0 Å². The highest BCUT2D eigenvalue weighted by Gasteiger charge is 2.33. The number of hydrogen-bond acceptors (Lipinski definition) is 5. The van der Waals surface area contributed by atoms with Crippen LogP contribution in [0.2, 0.25) is 5.02 Å². The van der Waals surface area contributed by atoms with E-state index in [9.17, 15) is 22.8 Å². The van der Waals surface area contributed by atoms with Crippen molar-refractivity contribution in [2.75, 3.05) is 7.11 Å². The first-order valence-electron chi connectivity index (χ1n) is 8.06. The molecule has 0 radical (unpaired) electrons. The van der Waals surface area contributed by atoms with E-state index in [0.717, 1.165) is 22.8 Å². The van der Waals surface area contributed by atoms with Gasteiger partial charge in [0.15, 0.2) is 5.65 Å². The van der Waals surface area contributed by atoms with Gasteiger partial charge in [-0.3, -0.25) is 9.36 Å². The molecule has 0 atom stereocenters. The Kier molecular flexibility index (Phi) is 4.30. The summed E-state index contributed by atoms with van der Waals surface area (Å²) in [6.07, 6.45) is -0.683. The Morgan fingerprint density at radius 1 is 1.21 bits per heavy atom. The van der Waals surface area contributed by atoms with Crippen LogP contribution in [0.3, 0.4) is 0 Å². The lowest BCUT2D eigenvalue weighted by Crippen LogP contribution is -2.19.